The molecule has 24 heavy (non-hydrogen) atoms. The first kappa shape index (κ1) is 16.7. The van der Waals surface area contributed by atoms with Gasteiger partial charge < -0.3 is 10.2 Å². The molecule has 4 nitrogen and oxygen atoms in total. The van der Waals surface area contributed by atoms with Gasteiger partial charge in [0.25, 0.3) is 0 Å². The molecule has 0 amide bonds. The van der Waals surface area contributed by atoms with Crippen LogP contribution in [0.25, 0.3) is 0 Å². The van der Waals surface area contributed by atoms with Crippen molar-refractivity contribution in [3.8, 4) is 0 Å². The Morgan fingerprint density at radius 1 is 1.17 bits per heavy atom. The number of hydrogen-bond acceptors (Lipinski definition) is 4. The van der Waals surface area contributed by atoms with E-state index >= 15 is 0 Å². The second-order valence-electron chi connectivity index (χ2n) is 6.66. The second-order valence-corrected chi connectivity index (χ2v) is 6.66. The first-order valence-corrected chi connectivity index (χ1v) is 8.69. The Morgan fingerprint density at radius 2 is 1.88 bits per heavy atom. The van der Waals surface area contributed by atoms with Gasteiger partial charge in [0.2, 0.25) is 5.95 Å². The van der Waals surface area contributed by atoms with Crippen LogP contribution in [0.3, 0.4) is 0 Å². The lowest BCUT2D eigenvalue weighted by Crippen LogP contribution is -2.33. The van der Waals surface area contributed by atoms with Gasteiger partial charge in [-0.25, -0.2) is 9.37 Å². The number of nitrogens with zero attached hydrogens (tertiary/aromatic N) is 3. The summed E-state index contributed by atoms with van der Waals surface area (Å²) in [5.41, 5.74) is 2.07. The van der Waals surface area contributed by atoms with Crippen molar-refractivity contribution in [2.75, 3.05) is 29.9 Å². The van der Waals surface area contributed by atoms with Gasteiger partial charge in [0.05, 0.1) is 0 Å². The Kier molecular flexibility index (Phi) is 5.28. The molecule has 0 saturated carbocycles. The summed E-state index contributed by atoms with van der Waals surface area (Å²) >= 11 is 0. The number of aromatic nitrogens is 2. The molecule has 0 bridgehead atoms. The van der Waals surface area contributed by atoms with Gasteiger partial charge in [0, 0.05) is 31.4 Å². The quantitative estimate of drug-likeness (QED) is 0.906. The van der Waals surface area contributed by atoms with Gasteiger partial charge in [-0.3, -0.25) is 0 Å². The molecule has 2 heterocycles. The van der Waals surface area contributed by atoms with E-state index in [1.807, 2.05) is 19.1 Å². The highest BCUT2D eigenvalue weighted by molar-refractivity contribution is 5.45. The van der Waals surface area contributed by atoms with Crippen LogP contribution in [-0.4, -0.2) is 29.6 Å². The van der Waals surface area contributed by atoms with Crippen molar-refractivity contribution >= 4 is 11.8 Å². The van der Waals surface area contributed by atoms with E-state index < -0.39 is 0 Å². The van der Waals surface area contributed by atoms with E-state index in [2.05, 4.69) is 33.2 Å². The van der Waals surface area contributed by atoms with Crippen LogP contribution in [0.1, 0.15) is 31.0 Å². The van der Waals surface area contributed by atoms with Gasteiger partial charge in [-0.2, -0.15) is 4.98 Å². The average Bonchev–Trinajstić information content (AvgIpc) is 2.57. The summed E-state index contributed by atoms with van der Waals surface area (Å²) in [7, 11) is 0. The molecule has 1 aliphatic heterocycles. The number of halogens is 1. The standard InChI is InChI=1S/C19H25FN4/c1-14-8-11-24(12-9-14)18-13-15(2)22-19(23-18)21-10-7-16-3-5-17(20)6-4-16/h3-6,13-14H,7-12H2,1-2H3,(H,21,22,23). The lowest BCUT2D eigenvalue weighted by molar-refractivity contribution is 0.436. The predicted octanol–water partition coefficient (Wildman–Crippen LogP) is 3.82. The zero-order chi connectivity index (χ0) is 16.9. The van der Waals surface area contributed by atoms with Gasteiger partial charge in [0.1, 0.15) is 11.6 Å². The van der Waals surface area contributed by atoms with Gasteiger partial charge in [-0.1, -0.05) is 19.1 Å². The fourth-order valence-electron chi connectivity index (χ4n) is 3.00. The van der Waals surface area contributed by atoms with Crippen molar-refractivity contribution in [2.45, 2.75) is 33.1 Å². The molecule has 1 aromatic carbocycles. The minimum atomic E-state index is -0.200. The van der Waals surface area contributed by atoms with E-state index in [0.717, 1.165) is 49.0 Å². The molecule has 1 aromatic heterocycles. The smallest absolute Gasteiger partial charge is 0.224 e. The molecule has 0 spiro atoms. The third kappa shape index (κ3) is 4.43. The van der Waals surface area contributed by atoms with E-state index in [4.69, 9.17) is 0 Å². The molecule has 0 radical (unpaired) electrons. The highest BCUT2D eigenvalue weighted by Gasteiger charge is 2.17. The van der Waals surface area contributed by atoms with Gasteiger partial charge in [0.15, 0.2) is 0 Å². The number of hydrogen-bond donors (Lipinski definition) is 1. The Labute approximate surface area is 143 Å². The van der Waals surface area contributed by atoms with Gasteiger partial charge in [-0.15, -0.1) is 0 Å². The third-order valence-electron chi connectivity index (χ3n) is 4.56. The van der Waals surface area contributed by atoms with Crippen molar-refractivity contribution in [2.24, 2.45) is 5.92 Å². The average molecular weight is 328 g/mol. The molecule has 1 saturated heterocycles. The topological polar surface area (TPSA) is 41.1 Å². The largest absolute Gasteiger partial charge is 0.356 e. The first-order chi connectivity index (χ1) is 11.6. The number of aryl methyl sites for hydroxylation is 1. The van der Waals surface area contributed by atoms with E-state index in [9.17, 15) is 4.39 Å². The monoisotopic (exact) mass is 328 g/mol. The molecule has 1 N–H and O–H groups in total. The minimum Gasteiger partial charge on any atom is -0.356 e. The van der Waals surface area contributed by atoms with Crippen molar-refractivity contribution in [1.82, 2.24) is 9.97 Å². The second kappa shape index (κ2) is 7.60. The van der Waals surface area contributed by atoms with E-state index in [1.54, 1.807) is 0 Å². The summed E-state index contributed by atoms with van der Waals surface area (Å²) in [5, 5.41) is 3.29. The lowest BCUT2D eigenvalue weighted by atomic mass is 9.99. The summed E-state index contributed by atoms with van der Waals surface area (Å²) < 4.78 is 12.9. The molecular weight excluding hydrogens is 303 g/mol. The maximum absolute atomic E-state index is 12.9. The molecule has 1 fully saturated rings. The summed E-state index contributed by atoms with van der Waals surface area (Å²) in [6, 6.07) is 8.67. The molecule has 3 rings (SSSR count). The van der Waals surface area contributed by atoms with Crippen LogP contribution in [0.4, 0.5) is 16.2 Å². The zero-order valence-corrected chi connectivity index (χ0v) is 14.4. The third-order valence-corrected chi connectivity index (χ3v) is 4.56. The predicted molar refractivity (Wildman–Crippen MR) is 96.0 cm³/mol. The molecule has 5 heteroatoms. The highest BCUT2D eigenvalue weighted by atomic mass is 19.1. The molecular formula is C19H25FN4. The maximum Gasteiger partial charge on any atom is 0.224 e. The minimum absolute atomic E-state index is 0.200. The zero-order valence-electron chi connectivity index (χ0n) is 14.4. The van der Waals surface area contributed by atoms with Gasteiger partial charge >= 0.3 is 0 Å². The number of nitrogens with one attached hydrogen (secondary N) is 1. The first-order valence-electron chi connectivity index (χ1n) is 8.69. The van der Waals surface area contributed by atoms with E-state index in [0.29, 0.717) is 5.95 Å². The summed E-state index contributed by atoms with van der Waals surface area (Å²) in [5.74, 6) is 2.29. The molecule has 0 atom stereocenters. The van der Waals surface area contributed by atoms with Crippen LogP contribution >= 0.6 is 0 Å². The normalized spacial score (nSPS) is 15.5. The number of piperidine rings is 1. The van der Waals surface area contributed by atoms with Crippen LogP contribution in [0, 0.1) is 18.7 Å². The SMILES string of the molecule is Cc1cc(N2CCC(C)CC2)nc(NCCc2ccc(F)cc2)n1. The molecule has 0 unspecified atom stereocenters. The van der Waals surface area contributed by atoms with Crippen molar-refractivity contribution < 1.29 is 4.39 Å². The lowest BCUT2D eigenvalue weighted by Gasteiger charge is -2.31. The highest BCUT2D eigenvalue weighted by Crippen LogP contribution is 2.22. The fraction of sp³-hybridized carbons (Fsp3) is 0.474. The Bertz CT molecular complexity index is 664. The maximum atomic E-state index is 12.9. The Morgan fingerprint density at radius 3 is 2.58 bits per heavy atom. The summed E-state index contributed by atoms with van der Waals surface area (Å²) in [6.07, 6.45) is 3.25. The Balaban J connectivity index is 1.60. The van der Waals surface area contributed by atoms with Crippen LogP contribution in [-0.2, 0) is 6.42 Å². The molecule has 1 aliphatic rings. The van der Waals surface area contributed by atoms with Gasteiger partial charge in [-0.05, 0) is 49.8 Å². The van der Waals surface area contributed by atoms with Crippen LogP contribution in [0.15, 0.2) is 30.3 Å². The van der Waals surface area contributed by atoms with Crippen molar-refractivity contribution in [3.63, 3.8) is 0 Å². The van der Waals surface area contributed by atoms with Crippen molar-refractivity contribution in [3.05, 3.63) is 47.4 Å². The number of rotatable bonds is 5. The fourth-order valence-corrected chi connectivity index (χ4v) is 3.00. The summed E-state index contributed by atoms with van der Waals surface area (Å²) in [4.78, 5) is 11.5. The Hall–Kier alpha value is -2.17. The van der Waals surface area contributed by atoms with Crippen molar-refractivity contribution in [1.29, 1.82) is 0 Å². The van der Waals surface area contributed by atoms with Crippen LogP contribution in [0.2, 0.25) is 0 Å². The van der Waals surface area contributed by atoms with Crippen LogP contribution in [0.5, 0.6) is 0 Å². The number of anilines is 2. The molecule has 128 valence electrons. The molecule has 2 aromatic rings. The van der Waals surface area contributed by atoms with E-state index in [1.165, 1.54) is 25.0 Å². The molecule has 0 aliphatic carbocycles. The van der Waals surface area contributed by atoms with Crippen LogP contribution < -0.4 is 10.2 Å². The summed E-state index contributed by atoms with van der Waals surface area (Å²) in [6.45, 7) is 7.17. The number of benzene rings is 1. The van der Waals surface area contributed by atoms with E-state index in [-0.39, 0.29) is 5.82 Å².